The fraction of sp³-hybridized carbons (Fsp3) is 0.316. The molecule has 2 aromatic rings. The summed E-state index contributed by atoms with van der Waals surface area (Å²) in [6.45, 7) is 2.64. The quantitative estimate of drug-likeness (QED) is 0.690. The van der Waals surface area contributed by atoms with E-state index in [1.54, 1.807) is 17.2 Å². The van der Waals surface area contributed by atoms with Gasteiger partial charge >= 0.3 is 0 Å². The maximum atomic E-state index is 12.1. The number of rotatable bonds is 8. The van der Waals surface area contributed by atoms with Crippen LogP contribution in [-0.2, 0) is 9.59 Å². The Morgan fingerprint density at radius 3 is 2.54 bits per heavy atom. The van der Waals surface area contributed by atoms with Gasteiger partial charge < -0.3 is 10.6 Å². The van der Waals surface area contributed by atoms with Gasteiger partial charge in [-0.1, -0.05) is 30.3 Å². The standard InChI is InChI=1S/C19H23BrN4O2/c1-14(15-6-4-3-5-7-15)22-18(25)10-11-24(2)13-19(26)23-17-9-8-16(20)12-21-17/h3-9,12,14H,10-11,13H2,1-2H3,(H,22,25)(H,21,23,26). The first-order valence-electron chi connectivity index (χ1n) is 8.38. The molecule has 2 rings (SSSR count). The van der Waals surface area contributed by atoms with Crippen molar-refractivity contribution in [2.45, 2.75) is 19.4 Å². The van der Waals surface area contributed by atoms with Gasteiger partial charge in [-0.25, -0.2) is 4.98 Å². The van der Waals surface area contributed by atoms with Crippen molar-refractivity contribution in [2.75, 3.05) is 25.5 Å². The molecule has 1 aromatic carbocycles. The van der Waals surface area contributed by atoms with Gasteiger partial charge in [0, 0.05) is 23.6 Å². The summed E-state index contributed by atoms with van der Waals surface area (Å²) >= 11 is 3.30. The van der Waals surface area contributed by atoms with Crippen molar-refractivity contribution in [1.29, 1.82) is 0 Å². The summed E-state index contributed by atoms with van der Waals surface area (Å²) in [5.41, 5.74) is 1.07. The second-order valence-corrected chi connectivity index (χ2v) is 7.01. The number of benzene rings is 1. The molecule has 0 fully saturated rings. The first-order valence-corrected chi connectivity index (χ1v) is 9.17. The zero-order chi connectivity index (χ0) is 18.9. The predicted octanol–water partition coefficient (Wildman–Crippen LogP) is 2.98. The summed E-state index contributed by atoms with van der Waals surface area (Å²) in [6, 6.07) is 13.3. The summed E-state index contributed by atoms with van der Waals surface area (Å²) < 4.78 is 0.850. The lowest BCUT2D eigenvalue weighted by molar-refractivity contribution is -0.123. The van der Waals surface area contributed by atoms with Gasteiger partial charge in [-0.05, 0) is 47.6 Å². The number of halogens is 1. The molecule has 0 saturated heterocycles. The number of carbonyl (C=O) groups excluding carboxylic acids is 2. The fourth-order valence-electron chi connectivity index (χ4n) is 2.39. The maximum Gasteiger partial charge on any atom is 0.239 e. The van der Waals surface area contributed by atoms with Crippen LogP contribution in [0.15, 0.2) is 53.1 Å². The number of nitrogens with one attached hydrogen (secondary N) is 2. The Balaban J connectivity index is 1.70. The number of amides is 2. The van der Waals surface area contributed by atoms with Crippen molar-refractivity contribution in [3.8, 4) is 0 Å². The molecule has 2 amide bonds. The highest BCUT2D eigenvalue weighted by Crippen LogP contribution is 2.11. The molecule has 1 atom stereocenters. The molecule has 26 heavy (non-hydrogen) atoms. The Labute approximate surface area is 162 Å². The van der Waals surface area contributed by atoms with Crippen LogP contribution < -0.4 is 10.6 Å². The molecular weight excluding hydrogens is 396 g/mol. The lowest BCUT2D eigenvalue weighted by atomic mass is 10.1. The minimum atomic E-state index is -0.166. The molecule has 0 aliphatic rings. The monoisotopic (exact) mass is 418 g/mol. The van der Waals surface area contributed by atoms with E-state index >= 15 is 0 Å². The van der Waals surface area contributed by atoms with E-state index in [0.29, 0.717) is 18.8 Å². The van der Waals surface area contributed by atoms with Crippen LogP contribution in [0.25, 0.3) is 0 Å². The van der Waals surface area contributed by atoms with E-state index in [9.17, 15) is 9.59 Å². The lowest BCUT2D eigenvalue weighted by Gasteiger charge is -2.18. The van der Waals surface area contributed by atoms with Crippen molar-refractivity contribution >= 4 is 33.6 Å². The Bertz CT molecular complexity index is 722. The Hall–Kier alpha value is -2.25. The van der Waals surface area contributed by atoms with Crippen LogP contribution in [0.2, 0.25) is 0 Å². The Morgan fingerprint density at radius 1 is 1.15 bits per heavy atom. The maximum absolute atomic E-state index is 12.1. The minimum Gasteiger partial charge on any atom is -0.350 e. The average Bonchev–Trinajstić information content (AvgIpc) is 2.62. The number of aromatic nitrogens is 1. The van der Waals surface area contributed by atoms with Gasteiger partial charge in [0.15, 0.2) is 0 Å². The normalized spacial score (nSPS) is 11.8. The number of anilines is 1. The second kappa shape index (κ2) is 10.0. The second-order valence-electron chi connectivity index (χ2n) is 6.10. The van der Waals surface area contributed by atoms with Crippen LogP contribution in [0, 0.1) is 0 Å². The molecule has 138 valence electrons. The lowest BCUT2D eigenvalue weighted by Crippen LogP contribution is -2.34. The van der Waals surface area contributed by atoms with Crippen LogP contribution in [0.3, 0.4) is 0 Å². The zero-order valence-electron chi connectivity index (χ0n) is 14.9. The van der Waals surface area contributed by atoms with Crippen LogP contribution in [0.5, 0.6) is 0 Å². The third-order valence-corrected chi connectivity index (χ3v) is 4.28. The molecular formula is C19H23BrN4O2. The smallest absolute Gasteiger partial charge is 0.239 e. The number of likely N-dealkylation sites (N-methyl/N-ethyl adjacent to an activating group) is 1. The van der Waals surface area contributed by atoms with E-state index in [1.165, 1.54) is 0 Å². The topological polar surface area (TPSA) is 74.3 Å². The molecule has 0 bridgehead atoms. The Kier molecular flexibility index (Phi) is 7.74. The molecule has 1 unspecified atom stereocenters. The minimum absolute atomic E-state index is 0.0387. The highest BCUT2D eigenvalue weighted by Gasteiger charge is 2.12. The number of hydrogen-bond donors (Lipinski definition) is 2. The summed E-state index contributed by atoms with van der Waals surface area (Å²) in [7, 11) is 1.81. The van der Waals surface area contributed by atoms with Crippen molar-refractivity contribution in [3.63, 3.8) is 0 Å². The van der Waals surface area contributed by atoms with Gasteiger partial charge in [0.1, 0.15) is 5.82 Å². The SMILES string of the molecule is CC(NC(=O)CCN(C)CC(=O)Nc1ccc(Br)cn1)c1ccccc1. The summed E-state index contributed by atoms with van der Waals surface area (Å²) in [4.78, 5) is 30.0. The van der Waals surface area contributed by atoms with E-state index in [1.807, 2.05) is 50.4 Å². The van der Waals surface area contributed by atoms with E-state index in [4.69, 9.17) is 0 Å². The largest absolute Gasteiger partial charge is 0.350 e. The van der Waals surface area contributed by atoms with Gasteiger partial charge in [0.25, 0.3) is 0 Å². The van der Waals surface area contributed by atoms with E-state index < -0.39 is 0 Å². The zero-order valence-corrected chi connectivity index (χ0v) is 16.5. The van der Waals surface area contributed by atoms with Gasteiger partial charge in [-0.15, -0.1) is 0 Å². The number of carbonyl (C=O) groups is 2. The molecule has 0 spiro atoms. The van der Waals surface area contributed by atoms with Gasteiger partial charge in [0.05, 0.1) is 12.6 Å². The van der Waals surface area contributed by atoms with Gasteiger partial charge in [0.2, 0.25) is 11.8 Å². The summed E-state index contributed by atoms with van der Waals surface area (Å²) in [5, 5.41) is 5.70. The highest BCUT2D eigenvalue weighted by molar-refractivity contribution is 9.10. The molecule has 7 heteroatoms. The van der Waals surface area contributed by atoms with Crippen molar-refractivity contribution < 1.29 is 9.59 Å². The van der Waals surface area contributed by atoms with E-state index in [-0.39, 0.29) is 24.4 Å². The van der Waals surface area contributed by atoms with Crippen molar-refractivity contribution in [3.05, 3.63) is 58.7 Å². The van der Waals surface area contributed by atoms with Gasteiger partial charge in [-0.3, -0.25) is 14.5 Å². The van der Waals surface area contributed by atoms with Crippen LogP contribution in [0.1, 0.15) is 24.9 Å². The number of hydrogen-bond acceptors (Lipinski definition) is 4. The molecule has 0 aliphatic heterocycles. The predicted molar refractivity (Wildman–Crippen MR) is 106 cm³/mol. The summed E-state index contributed by atoms with van der Waals surface area (Å²) in [5.74, 6) is 0.296. The molecule has 0 aliphatic carbocycles. The number of nitrogens with zero attached hydrogens (tertiary/aromatic N) is 2. The summed E-state index contributed by atoms with van der Waals surface area (Å²) in [6.07, 6.45) is 1.95. The van der Waals surface area contributed by atoms with E-state index in [2.05, 4.69) is 31.5 Å². The third-order valence-electron chi connectivity index (χ3n) is 3.81. The highest BCUT2D eigenvalue weighted by atomic mass is 79.9. The van der Waals surface area contributed by atoms with Crippen LogP contribution in [-0.4, -0.2) is 41.8 Å². The van der Waals surface area contributed by atoms with E-state index in [0.717, 1.165) is 10.0 Å². The molecule has 1 aromatic heterocycles. The van der Waals surface area contributed by atoms with Crippen molar-refractivity contribution in [1.82, 2.24) is 15.2 Å². The number of pyridine rings is 1. The molecule has 1 heterocycles. The molecule has 0 radical (unpaired) electrons. The van der Waals surface area contributed by atoms with Crippen LogP contribution in [0.4, 0.5) is 5.82 Å². The Morgan fingerprint density at radius 2 is 1.88 bits per heavy atom. The third kappa shape index (κ3) is 6.93. The average molecular weight is 419 g/mol. The van der Waals surface area contributed by atoms with Crippen LogP contribution >= 0.6 is 15.9 Å². The first kappa shape index (κ1) is 20.1. The molecule has 2 N–H and O–H groups in total. The molecule has 6 nitrogen and oxygen atoms in total. The van der Waals surface area contributed by atoms with Gasteiger partial charge in [-0.2, -0.15) is 0 Å². The fourth-order valence-corrected chi connectivity index (χ4v) is 2.62. The van der Waals surface area contributed by atoms with Crippen molar-refractivity contribution in [2.24, 2.45) is 0 Å². The molecule has 0 saturated carbocycles. The first-order chi connectivity index (χ1) is 12.4.